The molecule has 4 N–H and O–H groups in total. The van der Waals surface area contributed by atoms with Crippen molar-refractivity contribution in [2.45, 2.75) is 13.1 Å². The molecule has 0 bridgehead atoms. The van der Waals surface area contributed by atoms with E-state index in [1.807, 2.05) is 35.0 Å². The number of nitrogens with two attached hydrogens (primary N) is 1. The van der Waals surface area contributed by atoms with Gasteiger partial charge in [-0.15, -0.1) is 0 Å². The van der Waals surface area contributed by atoms with Crippen molar-refractivity contribution in [1.82, 2.24) is 14.9 Å². The maximum Gasteiger partial charge on any atom is 0.251 e. The number of hydrogen-bond acceptors (Lipinski definition) is 3. The van der Waals surface area contributed by atoms with Gasteiger partial charge in [0.25, 0.3) is 5.91 Å². The lowest BCUT2D eigenvalue weighted by molar-refractivity contribution is 0.0951. The molecule has 2 aromatic carbocycles. The molecule has 1 aromatic heterocycles. The van der Waals surface area contributed by atoms with Crippen LogP contribution in [0, 0.1) is 5.41 Å². The number of benzene rings is 2. The number of rotatable bonds is 6. The Hall–Kier alpha value is -3.41. The van der Waals surface area contributed by atoms with Crippen LogP contribution in [0.3, 0.4) is 0 Å². The van der Waals surface area contributed by atoms with Crippen LogP contribution in [0.15, 0.2) is 67.3 Å². The number of nitrogens with zero attached hydrogens (tertiary/aromatic N) is 2. The van der Waals surface area contributed by atoms with E-state index in [4.69, 9.17) is 11.1 Å². The molecular weight excluding hydrogens is 314 g/mol. The van der Waals surface area contributed by atoms with Crippen LogP contribution in [0.25, 0.3) is 0 Å². The van der Waals surface area contributed by atoms with Gasteiger partial charge in [0.05, 0.1) is 6.33 Å². The molecule has 0 aliphatic heterocycles. The van der Waals surface area contributed by atoms with E-state index in [1.165, 1.54) is 5.56 Å². The molecule has 1 heterocycles. The summed E-state index contributed by atoms with van der Waals surface area (Å²) in [5.41, 5.74) is 8.67. The zero-order chi connectivity index (χ0) is 17.6. The number of carbonyl (C=O) groups excluding carboxylic acids is 1. The first kappa shape index (κ1) is 16.4. The highest BCUT2D eigenvalue weighted by molar-refractivity contribution is 5.99. The molecule has 25 heavy (non-hydrogen) atoms. The van der Waals surface area contributed by atoms with Crippen molar-refractivity contribution in [2.24, 2.45) is 5.73 Å². The van der Waals surface area contributed by atoms with E-state index in [9.17, 15) is 4.79 Å². The van der Waals surface area contributed by atoms with Crippen LogP contribution in [0.2, 0.25) is 0 Å². The zero-order valence-electron chi connectivity index (χ0n) is 13.6. The number of amides is 1. The maximum atomic E-state index is 12.2. The quantitative estimate of drug-likeness (QED) is 0.476. The predicted octanol–water partition coefficient (Wildman–Crippen LogP) is 2.15. The summed E-state index contributed by atoms with van der Waals surface area (Å²) in [7, 11) is 0. The van der Waals surface area contributed by atoms with Crippen LogP contribution in [-0.2, 0) is 13.1 Å². The molecule has 126 valence electrons. The monoisotopic (exact) mass is 333 g/mol. The zero-order valence-corrected chi connectivity index (χ0v) is 13.6. The highest BCUT2D eigenvalue weighted by atomic mass is 16.1. The molecule has 0 unspecified atom stereocenters. The Labute approximate surface area is 145 Å². The number of amidine groups is 1. The van der Waals surface area contributed by atoms with Crippen molar-refractivity contribution in [3.05, 3.63) is 89.5 Å². The minimum atomic E-state index is -0.189. The van der Waals surface area contributed by atoms with Crippen molar-refractivity contribution in [3.63, 3.8) is 0 Å². The molecular formula is C19H19N5O. The lowest BCUT2D eigenvalue weighted by atomic mass is 10.1. The van der Waals surface area contributed by atoms with Crippen molar-refractivity contribution < 1.29 is 4.79 Å². The van der Waals surface area contributed by atoms with Crippen LogP contribution < -0.4 is 11.1 Å². The minimum Gasteiger partial charge on any atom is -0.384 e. The summed E-state index contributed by atoms with van der Waals surface area (Å²) >= 11 is 0. The average molecular weight is 333 g/mol. The predicted molar refractivity (Wildman–Crippen MR) is 96.4 cm³/mol. The fourth-order valence-electron chi connectivity index (χ4n) is 2.47. The maximum absolute atomic E-state index is 12.2. The molecule has 0 fully saturated rings. The first-order valence-corrected chi connectivity index (χ1v) is 7.88. The van der Waals surface area contributed by atoms with Crippen LogP contribution in [-0.4, -0.2) is 21.3 Å². The molecule has 0 saturated carbocycles. The summed E-state index contributed by atoms with van der Waals surface area (Å²) in [6.45, 7) is 1.21. The van der Waals surface area contributed by atoms with Gasteiger partial charge in [0.1, 0.15) is 5.84 Å². The van der Waals surface area contributed by atoms with Crippen LogP contribution >= 0.6 is 0 Å². The summed E-state index contributed by atoms with van der Waals surface area (Å²) in [4.78, 5) is 16.3. The van der Waals surface area contributed by atoms with Crippen LogP contribution in [0.1, 0.15) is 27.0 Å². The number of aromatic nitrogens is 2. The average Bonchev–Trinajstić information content (AvgIpc) is 3.14. The summed E-state index contributed by atoms with van der Waals surface area (Å²) in [5, 5.41) is 10.3. The molecule has 0 atom stereocenters. The second-order valence-electron chi connectivity index (χ2n) is 5.73. The molecule has 1 amide bonds. The third kappa shape index (κ3) is 4.32. The van der Waals surface area contributed by atoms with Gasteiger partial charge in [-0.05, 0) is 23.3 Å². The molecule has 0 saturated heterocycles. The Balaban J connectivity index is 1.58. The normalized spacial score (nSPS) is 10.4. The van der Waals surface area contributed by atoms with Gasteiger partial charge in [-0.25, -0.2) is 4.98 Å². The number of carbonyl (C=O) groups is 1. The highest BCUT2D eigenvalue weighted by Gasteiger charge is 2.07. The molecule has 3 rings (SSSR count). The van der Waals surface area contributed by atoms with Crippen molar-refractivity contribution in [1.29, 1.82) is 5.41 Å². The number of hydrogen-bond donors (Lipinski definition) is 3. The van der Waals surface area contributed by atoms with Gasteiger partial charge < -0.3 is 15.6 Å². The Bertz CT molecular complexity index is 869. The smallest absolute Gasteiger partial charge is 0.251 e. The van der Waals surface area contributed by atoms with E-state index in [0.29, 0.717) is 17.7 Å². The molecule has 3 aromatic rings. The Morgan fingerprint density at radius 3 is 2.52 bits per heavy atom. The van der Waals surface area contributed by atoms with Crippen molar-refractivity contribution in [2.75, 3.05) is 0 Å². The first-order valence-electron chi connectivity index (χ1n) is 7.88. The summed E-state index contributed by atoms with van der Waals surface area (Å²) < 4.78 is 2.00. The van der Waals surface area contributed by atoms with Gasteiger partial charge in [-0.2, -0.15) is 0 Å². The molecule has 0 aliphatic rings. The number of imidazole rings is 1. The van der Waals surface area contributed by atoms with Gasteiger partial charge >= 0.3 is 0 Å². The van der Waals surface area contributed by atoms with E-state index >= 15 is 0 Å². The van der Waals surface area contributed by atoms with E-state index in [0.717, 1.165) is 12.1 Å². The third-order valence-electron chi connectivity index (χ3n) is 3.84. The van der Waals surface area contributed by atoms with Crippen molar-refractivity contribution in [3.8, 4) is 0 Å². The summed E-state index contributed by atoms with van der Waals surface area (Å²) in [6, 6.07) is 14.8. The molecule has 0 radical (unpaired) electrons. The molecule has 0 aliphatic carbocycles. The van der Waals surface area contributed by atoms with E-state index in [1.54, 1.807) is 36.8 Å². The second kappa shape index (κ2) is 7.44. The fourth-order valence-corrected chi connectivity index (χ4v) is 2.47. The standard InChI is InChI=1S/C19H19N5O/c20-18(21)16-2-1-3-17(10-16)19(25)23-11-14-4-6-15(7-5-14)12-24-9-8-22-13-24/h1-10,13H,11-12H2,(H3,20,21)(H,23,25). The molecule has 0 spiro atoms. The molecule has 6 nitrogen and oxygen atoms in total. The Kier molecular flexibility index (Phi) is 4.89. The van der Waals surface area contributed by atoms with Gasteiger partial charge in [-0.3, -0.25) is 10.2 Å². The lowest BCUT2D eigenvalue weighted by Crippen LogP contribution is -2.23. The number of nitrogens with one attached hydrogen (secondary N) is 2. The van der Waals surface area contributed by atoms with Gasteiger partial charge in [0.15, 0.2) is 0 Å². The number of nitrogen functional groups attached to an aromatic ring is 1. The third-order valence-corrected chi connectivity index (χ3v) is 3.84. The van der Waals surface area contributed by atoms with Crippen LogP contribution in [0.5, 0.6) is 0 Å². The highest BCUT2D eigenvalue weighted by Crippen LogP contribution is 2.08. The van der Waals surface area contributed by atoms with E-state index in [2.05, 4.69) is 10.3 Å². The van der Waals surface area contributed by atoms with Crippen molar-refractivity contribution >= 4 is 11.7 Å². The Morgan fingerprint density at radius 1 is 1.12 bits per heavy atom. The van der Waals surface area contributed by atoms with Gasteiger partial charge in [-0.1, -0.05) is 36.4 Å². The summed E-state index contributed by atoms with van der Waals surface area (Å²) in [5.74, 6) is -0.242. The van der Waals surface area contributed by atoms with E-state index in [-0.39, 0.29) is 11.7 Å². The largest absolute Gasteiger partial charge is 0.384 e. The van der Waals surface area contributed by atoms with E-state index < -0.39 is 0 Å². The van der Waals surface area contributed by atoms with Gasteiger partial charge in [0, 0.05) is 36.6 Å². The first-order chi connectivity index (χ1) is 12.1. The minimum absolute atomic E-state index is 0.0527. The van der Waals surface area contributed by atoms with Crippen LogP contribution in [0.4, 0.5) is 0 Å². The molecule has 6 heteroatoms. The Morgan fingerprint density at radius 2 is 1.84 bits per heavy atom. The summed E-state index contributed by atoms with van der Waals surface area (Å²) in [6.07, 6.45) is 5.46. The second-order valence-corrected chi connectivity index (χ2v) is 5.73. The van der Waals surface area contributed by atoms with Gasteiger partial charge in [0.2, 0.25) is 0 Å². The SMILES string of the molecule is N=C(N)c1cccc(C(=O)NCc2ccc(Cn3ccnc3)cc2)c1. The fraction of sp³-hybridized carbons (Fsp3) is 0.105. The topological polar surface area (TPSA) is 96.8 Å². The lowest BCUT2D eigenvalue weighted by Gasteiger charge is -2.08.